The van der Waals surface area contributed by atoms with Crippen LogP contribution in [-0.2, 0) is 0 Å². The van der Waals surface area contributed by atoms with E-state index in [1.54, 1.807) is 6.20 Å². The zero-order valence-electron chi connectivity index (χ0n) is 8.61. The molecule has 14 heavy (non-hydrogen) atoms. The van der Waals surface area contributed by atoms with E-state index in [0.29, 0.717) is 0 Å². The number of hydrogen-bond acceptors (Lipinski definition) is 3. The van der Waals surface area contributed by atoms with Crippen LogP contribution in [0.4, 0.5) is 11.5 Å². The first kappa shape index (κ1) is 9.31. The van der Waals surface area contributed by atoms with E-state index in [4.69, 9.17) is 5.73 Å². The lowest BCUT2D eigenvalue weighted by molar-refractivity contribution is 0.751. The second-order valence-electron chi connectivity index (χ2n) is 3.87. The van der Waals surface area contributed by atoms with Crippen molar-refractivity contribution in [2.45, 2.75) is 32.2 Å². The first-order valence-electron chi connectivity index (χ1n) is 5.29. The van der Waals surface area contributed by atoms with Gasteiger partial charge in [0.25, 0.3) is 0 Å². The fourth-order valence-corrected chi connectivity index (χ4v) is 1.68. The standard InChI is InChI=1S/C11H17N3/c1-2-7-14(10-4-5-10)11-6-3-9(12)8-13-11/h3,6,8,10H,2,4-5,7,12H2,1H3. The summed E-state index contributed by atoms with van der Waals surface area (Å²) in [5, 5.41) is 0. The van der Waals surface area contributed by atoms with Crippen LogP contribution in [0.1, 0.15) is 26.2 Å². The molecule has 0 spiro atoms. The molecule has 0 radical (unpaired) electrons. The third kappa shape index (κ3) is 1.97. The summed E-state index contributed by atoms with van der Waals surface area (Å²) in [6.45, 7) is 3.30. The van der Waals surface area contributed by atoms with Gasteiger partial charge < -0.3 is 10.6 Å². The van der Waals surface area contributed by atoms with Crippen LogP contribution in [0.15, 0.2) is 18.3 Å². The Bertz CT molecular complexity index is 290. The van der Waals surface area contributed by atoms with Gasteiger partial charge in [-0.1, -0.05) is 6.92 Å². The van der Waals surface area contributed by atoms with Crippen molar-refractivity contribution in [3.63, 3.8) is 0 Å². The molecule has 3 nitrogen and oxygen atoms in total. The molecule has 0 unspecified atom stereocenters. The van der Waals surface area contributed by atoms with Crippen molar-refractivity contribution in [2.24, 2.45) is 0 Å². The molecule has 1 fully saturated rings. The maximum absolute atomic E-state index is 5.61. The van der Waals surface area contributed by atoms with Crippen LogP contribution >= 0.6 is 0 Å². The van der Waals surface area contributed by atoms with E-state index in [-0.39, 0.29) is 0 Å². The van der Waals surface area contributed by atoms with E-state index >= 15 is 0 Å². The van der Waals surface area contributed by atoms with Crippen molar-refractivity contribution in [1.29, 1.82) is 0 Å². The van der Waals surface area contributed by atoms with Gasteiger partial charge >= 0.3 is 0 Å². The SMILES string of the molecule is CCCN(c1ccc(N)cn1)C1CC1. The van der Waals surface area contributed by atoms with Gasteiger partial charge in [0, 0.05) is 12.6 Å². The third-order valence-corrected chi connectivity index (χ3v) is 2.52. The Hall–Kier alpha value is -1.25. The average Bonchev–Trinajstić information content (AvgIpc) is 2.99. The second-order valence-corrected chi connectivity index (χ2v) is 3.87. The van der Waals surface area contributed by atoms with Crippen LogP contribution in [0, 0.1) is 0 Å². The van der Waals surface area contributed by atoms with E-state index in [0.717, 1.165) is 24.1 Å². The lowest BCUT2D eigenvalue weighted by Crippen LogP contribution is -2.27. The van der Waals surface area contributed by atoms with Crippen LogP contribution < -0.4 is 10.6 Å². The normalized spacial score (nSPS) is 15.5. The summed E-state index contributed by atoms with van der Waals surface area (Å²) in [6, 6.07) is 4.67. The van der Waals surface area contributed by atoms with Crippen molar-refractivity contribution in [3.8, 4) is 0 Å². The highest BCUT2D eigenvalue weighted by atomic mass is 15.2. The molecule has 1 saturated carbocycles. The van der Waals surface area contributed by atoms with Crippen molar-refractivity contribution in [3.05, 3.63) is 18.3 Å². The molecule has 0 aromatic carbocycles. The highest BCUT2D eigenvalue weighted by molar-refractivity contribution is 5.47. The summed E-state index contributed by atoms with van der Waals surface area (Å²) in [5.74, 6) is 1.07. The van der Waals surface area contributed by atoms with Crippen LogP contribution in [0.2, 0.25) is 0 Å². The molecule has 1 aromatic heterocycles. The van der Waals surface area contributed by atoms with E-state index in [9.17, 15) is 0 Å². The maximum atomic E-state index is 5.61. The number of nitrogens with zero attached hydrogens (tertiary/aromatic N) is 2. The minimum atomic E-state index is 0.728. The van der Waals surface area contributed by atoms with Gasteiger partial charge in [-0.15, -0.1) is 0 Å². The number of rotatable bonds is 4. The molecule has 0 amide bonds. The summed E-state index contributed by atoms with van der Waals surface area (Å²) < 4.78 is 0. The van der Waals surface area contributed by atoms with Crippen LogP contribution in [0.25, 0.3) is 0 Å². The van der Waals surface area contributed by atoms with Crippen LogP contribution in [0.3, 0.4) is 0 Å². The molecular weight excluding hydrogens is 174 g/mol. The zero-order chi connectivity index (χ0) is 9.97. The largest absolute Gasteiger partial charge is 0.397 e. The summed E-state index contributed by atoms with van der Waals surface area (Å²) >= 11 is 0. The third-order valence-electron chi connectivity index (χ3n) is 2.52. The van der Waals surface area contributed by atoms with Crippen LogP contribution in [0.5, 0.6) is 0 Å². The monoisotopic (exact) mass is 191 g/mol. The Labute approximate surface area is 84.9 Å². The first-order chi connectivity index (χ1) is 6.81. The number of aromatic nitrogens is 1. The summed E-state index contributed by atoms with van der Waals surface area (Å²) in [4.78, 5) is 6.75. The smallest absolute Gasteiger partial charge is 0.128 e. The number of nitrogen functional groups attached to an aromatic ring is 1. The Balaban J connectivity index is 2.13. The van der Waals surface area contributed by atoms with Gasteiger partial charge in [-0.3, -0.25) is 0 Å². The van der Waals surface area contributed by atoms with Crippen molar-refractivity contribution < 1.29 is 0 Å². The predicted molar refractivity (Wildman–Crippen MR) is 59.3 cm³/mol. The Morgan fingerprint density at radius 3 is 2.79 bits per heavy atom. The van der Waals surface area contributed by atoms with Gasteiger partial charge in [-0.25, -0.2) is 4.98 Å². The van der Waals surface area contributed by atoms with Gasteiger partial charge in [-0.2, -0.15) is 0 Å². The molecule has 0 saturated heterocycles. The molecule has 2 N–H and O–H groups in total. The Morgan fingerprint density at radius 2 is 2.29 bits per heavy atom. The molecule has 3 heteroatoms. The van der Waals surface area contributed by atoms with Crippen LogP contribution in [-0.4, -0.2) is 17.6 Å². The first-order valence-corrected chi connectivity index (χ1v) is 5.29. The van der Waals surface area contributed by atoms with Gasteiger partial charge in [-0.05, 0) is 31.4 Å². The van der Waals surface area contributed by atoms with Crippen molar-refractivity contribution in [1.82, 2.24) is 4.98 Å². The topological polar surface area (TPSA) is 42.1 Å². The molecule has 2 rings (SSSR count). The second kappa shape index (κ2) is 3.86. The van der Waals surface area contributed by atoms with Crippen molar-refractivity contribution >= 4 is 11.5 Å². The molecular formula is C11H17N3. The average molecular weight is 191 g/mol. The van der Waals surface area contributed by atoms with Gasteiger partial charge in [0.1, 0.15) is 5.82 Å². The maximum Gasteiger partial charge on any atom is 0.128 e. The fraction of sp³-hybridized carbons (Fsp3) is 0.545. The summed E-state index contributed by atoms with van der Waals surface area (Å²) in [7, 11) is 0. The van der Waals surface area contributed by atoms with E-state index in [1.165, 1.54) is 19.3 Å². The van der Waals surface area contributed by atoms with E-state index in [2.05, 4.69) is 16.8 Å². The molecule has 1 aromatic rings. The minimum Gasteiger partial charge on any atom is -0.397 e. The zero-order valence-corrected chi connectivity index (χ0v) is 8.61. The molecule has 1 aliphatic carbocycles. The van der Waals surface area contributed by atoms with Gasteiger partial charge in [0.15, 0.2) is 0 Å². The summed E-state index contributed by atoms with van der Waals surface area (Å²) in [6.07, 6.45) is 5.53. The number of nitrogens with two attached hydrogens (primary N) is 1. The number of anilines is 2. The fourth-order valence-electron chi connectivity index (χ4n) is 1.68. The molecule has 0 bridgehead atoms. The van der Waals surface area contributed by atoms with Gasteiger partial charge in [0.2, 0.25) is 0 Å². The minimum absolute atomic E-state index is 0.728. The Morgan fingerprint density at radius 1 is 1.50 bits per heavy atom. The summed E-state index contributed by atoms with van der Waals surface area (Å²) in [5.41, 5.74) is 6.35. The molecule has 0 atom stereocenters. The lowest BCUT2D eigenvalue weighted by atomic mass is 10.3. The molecule has 76 valence electrons. The highest BCUT2D eigenvalue weighted by Gasteiger charge is 2.29. The molecule has 0 aliphatic heterocycles. The predicted octanol–water partition coefficient (Wildman–Crippen LogP) is 2.04. The molecule has 1 heterocycles. The van der Waals surface area contributed by atoms with Gasteiger partial charge in [0.05, 0.1) is 11.9 Å². The van der Waals surface area contributed by atoms with Crippen molar-refractivity contribution in [2.75, 3.05) is 17.2 Å². The quantitative estimate of drug-likeness (QED) is 0.792. The number of hydrogen-bond donors (Lipinski definition) is 1. The van der Waals surface area contributed by atoms with E-state index in [1.807, 2.05) is 12.1 Å². The highest BCUT2D eigenvalue weighted by Crippen LogP contribution is 2.30. The lowest BCUT2D eigenvalue weighted by Gasteiger charge is -2.22. The number of pyridine rings is 1. The Kier molecular flexibility index (Phi) is 2.57. The van der Waals surface area contributed by atoms with E-state index < -0.39 is 0 Å². The molecule has 1 aliphatic rings.